The third-order valence-electron chi connectivity index (χ3n) is 2.19. The van der Waals surface area contributed by atoms with E-state index in [0.717, 1.165) is 12.0 Å². The zero-order chi connectivity index (χ0) is 10.6. The van der Waals surface area contributed by atoms with Gasteiger partial charge in [0, 0.05) is 6.04 Å². The Bertz CT molecular complexity index is 319. The molecule has 0 heterocycles. The van der Waals surface area contributed by atoms with Crippen LogP contribution < -0.4 is 5.73 Å². The third kappa shape index (κ3) is 2.86. The first-order valence-electron chi connectivity index (χ1n) is 4.89. The van der Waals surface area contributed by atoms with Gasteiger partial charge in [-0.25, -0.2) is 0 Å². The lowest BCUT2D eigenvalue weighted by atomic mass is 9.97. The van der Waals surface area contributed by atoms with E-state index in [9.17, 15) is 0 Å². The van der Waals surface area contributed by atoms with Crippen molar-refractivity contribution in [3.05, 3.63) is 35.4 Å². The van der Waals surface area contributed by atoms with Crippen LogP contribution in [0, 0.1) is 17.2 Å². The molecule has 2 nitrogen and oxygen atoms in total. The molecule has 1 aromatic carbocycles. The number of rotatable bonds is 3. The molecule has 0 radical (unpaired) electrons. The summed E-state index contributed by atoms with van der Waals surface area (Å²) in [5.74, 6) is 0.598. The summed E-state index contributed by atoms with van der Waals surface area (Å²) in [7, 11) is 0. The van der Waals surface area contributed by atoms with E-state index in [1.807, 2.05) is 24.3 Å². The van der Waals surface area contributed by atoms with Gasteiger partial charge in [-0.2, -0.15) is 5.26 Å². The molecule has 14 heavy (non-hydrogen) atoms. The van der Waals surface area contributed by atoms with E-state index in [0.29, 0.717) is 11.5 Å². The van der Waals surface area contributed by atoms with E-state index in [2.05, 4.69) is 19.9 Å². The van der Waals surface area contributed by atoms with Gasteiger partial charge in [-0.15, -0.1) is 0 Å². The summed E-state index contributed by atoms with van der Waals surface area (Å²) >= 11 is 0. The van der Waals surface area contributed by atoms with Crippen molar-refractivity contribution in [1.29, 1.82) is 5.26 Å². The van der Waals surface area contributed by atoms with E-state index in [4.69, 9.17) is 11.0 Å². The van der Waals surface area contributed by atoms with Crippen LogP contribution in [0.5, 0.6) is 0 Å². The maximum absolute atomic E-state index is 8.63. The van der Waals surface area contributed by atoms with E-state index in [-0.39, 0.29) is 6.04 Å². The second kappa shape index (κ2) is 4.78. The van der Waals surface area contributed by atoms with Crippen LogP contribution in [0.2, 0.25) is 0 Å². The predicted octanol–water partition coefficient (Wildman–Crippen LogP) is 2.60. The number of nitrogens with two attached hydrogens (primary N) is 1. The molecule has 0 saturated carbocycles. The van der Waals surface area contributed by atoms with Crippen LogP contribution >= 0.6 is 0 Å². The minimum absolute atomic E-state index is 0.0859. The monoisotopic (exact) mass is 188 g/mol. The molecule has 1 aromatic rings. The van der Waals surface area contributed by atoms with Gasteiger partial charge in [0.1, 0.15) is 0 Å². The molecule has 0 saturated heterocycles. The second-order valence-corrected chi connectivity index (χ2v) is 3.97. The van der Waals surface area contributed by atoms with Gasteiger partial charge in [-0.05, 0) is 30.0 Å². The molecule has 0 bridgehead atoms. The molecular weight excluding hydrogens is 172 g/mol. The van der Waals surface area contributed by atoms with Crippen molar-refractivity contribution < 1.29 is 0 Å². The number of nitriles is 1. The van der Waals surface area contributed by atoms with Gasteiger partial charge in [0.25, 0.3) is 0 Å². The molecule has 0 aliphatic rings. The summed E-state index contributed by atoms with van der Waals surface area (Å²) in [6.07, 6.45) is 0.978. The molecule has 0 aromatic heterocycles. The molecule has 0 fully saturated rings. The van der Waals surface area contributed by atoms with Crippen molar-refractivity contribution in [3.63, 3.8) is 0 Å². The van der Waals surface area contributed by atoms with Gasteiger partial charge in [0.2, 0.25) is 0 Å². The maximum atomic E-state index is 8.63. The van der Waals surface area contributed by atoms with E-state index in [1.165, 1.54) is 0 Å². The van der Waals surface area contributed by atoms with Crippen LogP contribution in [0.25, 0.3) is 0 Å². The highest BCUT2D eigenvalue weighted by Gasteiger charge is 2.07. The Hall–Kier alpha value is -1.33. The van der Waals surface area contributed by atoms with E-state index in [1.54, 1.807) is 0 Å². The third-order valence-corrected chi connectivity index (χ3v) is 2.19. The van der Waals surface area contributed by atoms with Crippen LogP contribution in [0.15, 0.2) is 24.3 Å². The summed E-state index contributed by atoms with van der Waals surface area (Å²) in [6.45, 7) is 4.31. The lowest BCUT2D eigenvalue weighted by Crippen LogP contribution is -2.12. The summed E-state index contributed by atoms with van der Waals surface area (Å²) in [5, 5.41) is 8.63. The zero-order valence-electron chi connectivity index (χ0n) is 8.70. The van der Waals surface area contributed by atoms with Crippen LogP contribution in [0.3, 0.4) is 0 Å². The van der Waals surface area contributed by atoms with Gasteiger partial charge in [0.15, 0.2) is 0 Å². The summed E-state index contributed by atoms with van der Waals surface area (Å²) in [6, 6.07) is 9.68. The topological polar surface area (TPSA) is 49.8 Å². The predicted molar refractivity (Wildman–Crippen MR) is 57.5 cm³/mol. The Kier molecular flexibility index (Phi) is 3.67. The van der Waals surface area contributed by atoms with Gasteiger partial charge in [-0.1, -0.05) is 26.0 Å². The smallest absolute Gasteiger partial charge is 0.0991 e. The number of hydrogen-bond acceptors (Lipinski definition) is 2. The SMILES string of the molecule is CC(C)C[C@@H](N)c1ccc(C#N)cc1. The molecule has 0 unspecified atom stereocenters. The largest absolute Gasteiger partial charge is 0.324 e. The maximum Gasteiger partial charge on any atom is 0.0991 e. The highest BCUT2D eigenvalue weighted by atomic mass is 14.6. The summed E-state index contributed by atoms with van der Waals surface area (Å²) in [5.41, 5.74) is 7.80. The normalized spacial score (nSPS) is 12.5. The van der Waals surface area contributed by atoms with Crippen molar-refractivity contribution >= 4 is 0 Å². The molecule has 2 heteroatoms. The molecular formula is C12H16N2. The number of nitrogens with zero attached hydrogens (tertiary/aromatic N) is 1. The second-order valence-electron chi connectivity index (χ2n) is 3.97. The Morgan fingerprint density at radius 1 is 1.29 bits per heavy atom. The van der Waals surface area contributed by atoms with Gasteiger partial charge < -0.3 is 5.73 Å². The number of benzene rings is 1. The lowest BCUT2D eigenvalue weighted by Gasteiger charge is -2.14. The standard InChI is InChI=1S/C12H16N2/c1-9(2)7-12(14)11-5-3-10(8-13)4-6-11/h3-6,9,12H,7,14H2,1-2H3/t12-/m1/s1. The molecule has 74 valence electrons. The van der Waals surface area contributed by atoms with Crippen LogP contribution in [0.4, 0.5) is 0 Å². The van der Waals surface area contributed by atoms with Gasteiger partial charge in [-0.3, -0.25) is 0 Å². The quantitative estimate of drug-likeness (QED) is 0.792. The Labute approximate surface area is 85.4 Å². The van der Waals surface area contributed by atoms with Crippen LogP contribution in [-0.4, -0.2) is 0 Å². The Balaban J connectivity index is 2.72. The van der Waals surface area contributed by atoms with Gasteiger partial charge >= 0.3 is 0 Å². The molecule has 0 amide bonds. The fourth-order valence-corrected chi connectivity index (χ4v) is 1.45. The molecule has 0 aliphatic heterocycles. The average molecular weight is 188 g/mol. The minimum atomic E-state index is 0.0859. The van der Waals surface area contributed by atoms with Crippen molar-refractivity contribution in [1.82, 2.24) is 0 Å². The van der Waals surface area contributed by atoms with E-state index < -0.39 is 0 Å². The molecule has 0 spiro atoms. The summed E-state index contributed by atoms with van der Waals surface area (Å²) < 4.78 is 0. The zero-order valence-corrected chi connectivity index (χ0v) is 8.70. The van der Waals surface area contributed by atoms with E-state index >= 15 is 0 Å². The highest BCUT2D eigenvalue weighted by Crippen LogP contribution is 2.18. The molecule has 1 rings (SSSR count). The van der Waals surface area contributed by atoms with Crippen LogP contribution in [-0.2, 0) is 0 Å². The highest BCUT2D eigenvalue weighted by molar-refractivity contribution is 5.32. The van der Waals surface area contributed by atoms with Crippen molar-refractivity contribution in [3.8, 4) is 6.07 Å². The molecule has 0 aliphatic carbocycles. The summed E-state index contributed by atoms with van der Waals surface area (Å²) in [4.78, 5) is 0. The molecule has 1 atom stereocenters. The fourth-order valence-electron chi connectivity index (χ4n) is 1.45. The Morgan fingerprint density at radius 2 is 1.86 bits per heavy atom. The Morgan fingerprint density at radius 3 is 2.29 bits per heavy atom. The van der Waals surface area contributed by atoms with Crippen molar-refractivity contribution in [2.45, 2.75) is 26.3 Å². The first kappa shape index (κ1) is 10.7. The molecule has 2 N–H and O–H groups in total. The number of hydrogen-bond donors (Lipinski definition) is 1. The lowest BCUT2D eigenvalue weighted by molar-refractivity contribution is 0.510. The first-order valence-corrected chi connectivity index (χ1v) is 4.89. The minimum Gasteiger partial charge on any atom is -0.324 e. The van der Waals surface area contributed by atoms with Crippen molar-refractivity contribution in [2.75, 3.05) is 0 Å². The van der Waals surface area contributed by atoms with Gasteiger partial charge in [0.05, 0.1) is 11.6 Å². The average Bonchev–Trinajstić information content (AvgIpc) is 2.17. The first-order chi connectivity index (χ1) is 6.63. The van der Waals surface area contributed by atoms with Crippen LogP contribution in [0.1, 0.15) is 37.4 Å². The fraction of sp³-hybridized carbons (Fsp3) is 0.417. The van der Waals surface area contributed by atoms with Crippen molar-refractivity contribution in [2.24, 2.45) is 11.7 Å².